The molecule has 1 N–H and O–H groups in total. The fraction of sp³-hybridized carbons (Fsp3) is 0.250. The first-order chi connectivity index (χ1) is 19.2. The largest absolute Gasteiger partial charge is 0.383 e. The number of methoxy groups -OCH3 is 1. The molecule has 4 aromatic rings. The molecule has 12 heteroatoms. The highest BCUT2D eigenvalue weighted by Gasteiger charge is 2.17. The second-order valence-corrected chi connectivity index (χ2v) is 10.1. The third kappa shape index (κ3) is 6.28. The van der Waals surface area contributed by atoms with Crippen molar-refractivity contribution in [3.8, 4) is 11.2 Å². The zero-order chi connectivity index (χ0) is 28.8. The van der Waals surface area contributed by atoms with Crippen LogP contribution >= 0.6 is 11.3 Å². The van der Waals surface area contributed by atoms with E-state index in [2.05, 4.69) is 64.3 Å². The molecule has 4 rings (SSSR count). The van der Waals surface area contributed by atoms with Gasteiger partial charge in [0.2, 0.25) is 22.8 Å². The van der Waals surface area contributed by atoms with Gasteiger partial charge in [-0.2, -0.15) is 5.26 Å². The van der Waals surface area contributed by atoms with Crippen molar-refractivity contribution in [1.82, 2.24) is 14.8 Å². The van der Waals surface area contributed by atoms with E-state index in [1.807, 2.05) is 6.07 Å². The summed E-state index contributed by atoms with van der Waals surface area (Å²) in [5.41, 5.74) is 3.44. The highest BCUT2D eigenvalue weighted by atomic mass is 32.1. The van der Waals surface area contributed by atoms with Crippen molar-refractivity contribution < 1.29 is 14.3 Å². The summed E-state index contributed by atoms with van der Waals surface area (Å²) in [5.74, 6) is -0.152. The molecule has 0 aliphatic rings. The Morgan fingerprint density at radius 2 is 2.08 bits per heavy atom. The van der Waals surface area contributed by atoms with Gasteiger partial charge in [0.05, 0.1) is 28.7 Å². The fourth-order valence-corrected chi connectivity index (χ4v) is 4.77. The van der Waals surface area contributed by atoms with Crippen LogP contribution in [0.25, 0.3) is 15.3 Å². The average Bonchev–Trinajstić information content (AvgIpc) is 3.55. The molecule has 204 valence electrons. The molecule has 0 bridgehead atoms. The first kappa shape index (κ1) is 28.3. The van der Waals surface area contributed by atoms with Crippen LogP contribution in [0.15, 0.2) is 65.5 Å². The molecule has 0 saturated carbocycles. The number of benzene rings is 2. The zero-order valence-corrected chi connectivity index (χ0v) is 23.4. The Morgan fingerprint density at radius 1 is 1.27 bits per heavy atom. The van der Waals surface area contributed by atoms with Crippen molar-refractivity contribution in [2.75, 3.05) is 30.5 Å². The molecular weight excluding hydrogens is 528 g/mol. The number of ether oxygens (including phenoxy) is 1. The van der Waals surface area contributed by atoms with E-state index < -0.39 is 0 Å². The summed E-state index contributed by atoms with van der Waals surface area (Å²) >= 11 is 1.46. The number of rotatable bonds is 10. The molecule has 0 saturated heterocycles. The number of hydrogen-bond donors (Lipinski definition) is 1. The average molecular weight is 557 g/mol. The number of carbonyl (C=O) groups is 2. The molecule has 0 unspecified atom stereocenters. The summed E-state index contributed by atoms with van der Waals surface area (Å²) in [6, 6.07) is 13.1. The van der Waals surface area contributed by atoms with E-state index in [0.29, 0.717) is 34.7 Å². The third-order valence-electron chi connectivity index (χ3n) is 5.89. The fourth-order valence-electron chi connectivity index (χ4n) is 3.83. The van der Waals surface area contributed by atoms with Gasteiger partial charge in [0.15, 0.2) is 0 Å². The number of nitriles is 1. The Balaban J connectivity index is 1.67. The standard InChI is InChI=1S/C28H28N8O3S/c1-6-26(38)35(11-12-39-5)21-8-10-22(24(14-21)30-18(4)37)32-33-27-20(15-29)16-36(34-27)28-31-23-9-7-19(17(2)3)13-25(23)40-28/h6-10,13-14,16-17H,1,11-12H2,2-5H3,(H,30,37). The summed E-state index contributed by atoms with van der Waals surface area (Å²) in [7, 11) is 1.54. The van der Waals surface area contributed by atoms with Crippen molar-refractivity contribution >= 4 is 56.2 Å². The molecule has 0 spiro atoms. The lowest BCUT2D eigenvalue weighted by Crippen LogP contribution is -2.32. The maximum absolute atomic E-state index is 12.4. The number of nitrogens with one attached hydrogen (secondary N) is 1. The second kappa shape index (κ2) is 12.4. The molecule has 0 atom stereocenters. The van der Waals surface area contributed by atoms with Gasteiger partial charge in [0.1, 0.15) is 17.3 Å². The minimum absolute atomic E-state index is 0.103. The Bertz CT molecular complexity index is 1650. The summed E-state index contributed by atoms with van der Waals surface area (Å²) in [6.45, 7) is 9.79. The van der Waals surface area contributed by atoms with Crippen LogP contribution in [0.4, 0.5) is 22.9 Å². The van der Waals surface area contributed by atoms with Crippen molar-refractivity contribution in [2.45, 2.75) is 26.7 Å². The van der Waals surface area contributed by atoms with E-state index >= 15 is 0 Å². The van der Waals surface area contributed by atoms with Crippen LogP contribution in [0, 0.1) is 11.3 Å². The number of amides is 2. The Kier molecular flexibility index (Phi) is 8.78. The van der Waals surface area contributed by atoms with Crippen LogP contribution in [-0.4, -0.2) is 46.8 Å². The maximum Gasteiger partial charge on any atom is 0.250 e. The number of nitrogens with zero attached hydrogens (tertiary/aromatic N) is 7. The van der Waals surface area contributed by atoms with Gasteiger partial charge in [-0.15, -0.1) is 15.3 Å². The molecule has 2 aromatic heterocycles. The van der Waals surface area contributed by atoms with Gasteiger partial charge >= 0.3 is 0 Å². The highest BCUT2D eigenvalue weighted by Crippen LogP contribution is 2.33. The smallest absolute Gasteiger partial charge is 0.250 e. The normalized spacial score (nSPS) is 11.2. The monoisotopic (exact) mass is 556 g/mol. The van der Waals surface area contributed by atoms with E-state index in [4.69, 9.17) is 4.74 Å². The van der Waals surface area contributed by atoms with E-state index in [0.717, 1.165) is 10.2 Å². The number of thiazole rings is 1. The molecule has 0 aliphatic heterocycles. The van der Waals surface area contributed by atoms with E-state index in [9.17, 15) is 14.9 Å². The Morgan fingerprint density at radius 3 is 2.75 bits per heavy atom. The van der Waals surface area contributed by atoms with Crippen LogP contribution in [0.5, 0.6) is 0 Å². The maximum atomic E-state index is 12.4. The number of fused-ring (bicyclic) bond motifs is 1. The Hall–Kier alpha value is -4.73. The summed E-state index contributed by atoms with van der Waals surface area (Å²) in [5, 5.41) is 25.9. The van der Waals surface area contributed by atoms with Gasteiger partial charge in [-0.25, -0.2) is 9.67 Å². The lowest BCUT2D eigenvalue weighted by Gasteiger charge is -2.22. The minimum Gasteiger partial charge on any atom is -0.383 e. The van der Waals surface area contributed by atoms with E-state index in [1.54, 1.807) is 31.5 Å². The van der Waals surface area contributed by atoms with Gasteiger partial charge in [-0.1, -0.05) is 37.8 Å². The molecule has 0 fully saturated rings. The van der Waals surface area contributed by atoms with Crippen molar-refractivity contribution in [3.63, 3.8) is 0 Å². The molecule has 2 aromatic carbocycles. The summed E-state index contributed by atoms with van der Waals surface area (Å²) < 4.78 is 7.65. The quantitative estimate of drug-likeness (QED) is 0.187. The number of hydrogen-bond acceptors (Lipinski definition) is 9. The second-order valence-electron chi connectivity index (χ2n) is 9.07. The summed E-state index contributed by atoms with van der Waals surface area (Å²) in [6.07, 6.45) is 2.76. The lowest BCUT2D eigenvalue weighted by atomic mass is 10.0. The van der Waals surface area contributed by atoms with Crippen molar-refractivity contribution in [3.05, 3.63) is 66.4 Å². The first-order valence-electron chi connectivity index (χ1n) is 12.4. The number of anilines is 2. The first-order valence-corrected chi connectivity index (χ1v) is 13.2. The zero-order valence-electron chi connectivity index (χ0n) is 22.6. The van der Waals surface area contributed by atoms with Gasteiger partial charge in [0, 0.05) is 26.3 Å². The minimum atomic E-state index is -0.328. The van der Waals surface area contributed by atoms with E-state index in [1.165, 1.54) is 39.5 Å². The predicted molar refractivity (Wildman–Crippen MR) is 155 cm³/mol. The van der Waals surface area contributed by atoms with Gasteiger partial charge < -0.3 is 15.0 Å². The number of carbonyl (C=O) groups excluding carboxylic acids is 2. The Labute approximate surface area is 235 Å². The van der Waals surface area contributed by atoms with Crippen LogP contribution in [0.1, 0.15) is 37.8 Å². The topological polar surface area (TPSA) is 138 Å². The van der Waals surface area contributed by atoms with Crippen molar-refractivity contribution in [1.29, 1.82) is 5.26 Å². The van der Waals surface area contributed by atoms with Gasteiger partial charge in [0.25, 0.3) is 0 Å². The number of azo groups is 1. The van der Waals surface area contributed by atoms with Crippen molar-refractivity contribution in [2.24, 2.45) is 10.2 Å². The molecule has 11 nitrogen and oxygen atoms in total. The van der Waals surface area contributed by atoms with Crippen LogP contribution in [0.3, 0.4) is 0 Å². The van der Waals surface area contributed by atoms with Gasteiger partial charge in [-0.3, -0.25) is 9.59 Å². The van der Waals surface area contributed by atoms with Crippen LogP contribution in [0.2, 0.25) is 0 Å². The molecule has 2 amide bonds. The lowest BCUT2D eigenvalue weighted by molar-refractivity contribution is -0.115. The van der Waals surface area contributed by atoms with Crippen LogP contribution in [-0.2, 0) is 14.3 Å². The third-order valence-corrected chi connectivity index (χ3v) is 6.90. The molecule has 0 aliphatic carbocycles. The molecule has 0 radical (unpaired) electrons. The van der Waals surface area contributed by atoms with Crippen LogP contribution < -0.4 is 10.2 Å². The molecular formula is C28H28N8O3S. The molecule has 2 heterocycles. The van der Waals surface area contributed by atoms with E-state index in [-0.39, 0.29) is 29.7 Å². The SMILES string of the molecule is C=CC(=O)N(CCOC)c1ccc(N=Nc2nn(-c3nc4ccc(C(C)C)cc4s3)cc2C#N)c(NC(C)=O)c1. The number of aromatic nitrogens is 3. The molecule has 40 heavy (non-hydrogen) atoms. The predicted octanol–water partition coefficient (Wildman–Crippen LogP) is 6.02. The summed E-state index contributed by atoms with van der Waals surface area (Å²) in [4.78, 5) is 30.4. The highest BCUT2D eigenvalue weighted by molar-refractivity contribution is 7.20. The van der Waals surface area contributed by atoms with Gasteiger partial charge in [-0.05, 0) is 47.9 Å².